The number of hydrogen-bond acceptors (Lipinski definition) is 4. The second-order valence-corrected chi connectivity index (χ2v) is 2.74. The van der Waals surface area contributed by atoms with E-state index in [1.54, 1.807) is 6.92 Å². The second-order valence-electron chi connectivity index (χ2n) is 2.74. The summed E-state index contributed by atoms with van der Waals surface area (Å²) in [6.07, 6.45) is -0.180. The van der Waals surface area contributed by atoms with Crippen molar-refractivity contribution in [3.63, 3.8) is 0 Å². The third kappa shape index (κ3) is 2.77. The molecule has 1 saturated heterocycles. The lowest BCUT2D eigenvalue weighted by atomic mass is 10.2. The van der Waals surface area contributed by atoms with Gasteiger partial charge in [0.2, 0.25) is 0 Å². The lowest BCUT2D eigenvalue weighted by Gasteiger charge is -2.08. The summed E-state index contributed by atoms with van der Waals surface area (Å²) in [4.78, 5) is 21.8. The minimum atomic E-state index is -0.670. The number of amides is 1. The van der Waals surface area contributed by atoms with Gasteiger partial charge in [0.25, 0.3) is 0 Å². The molecule has 1 heterocycles. The van der Waals surface area contributed by atoms with Gasteiger partial charge in [0.1, 0.15) is 6.04 Å². The van der Waals surface area contributed by atoms with Crippen molar-refractivity contribution in [3.05, 3.63) is 12.3 Å². The fourth-order valence-corrected chi connectivity index (χ4v) is 0.957. The summed E-state index contributed by atoms with van der Waals surface area (Å²) in [6.45, 7) is 5.28. The van der Waals surface area contributed by atoms with Gasteiger partial charge in [-0.1, -0.05) is 6.58 Å². The summed E-state index contributed by atoms with van der Waals surface area (Å²) in [7, 11) is 0. The quantitative estimate of drug-likeness (QED) is 0.504. The van der Waals surface area contributed by atoms with Crippen molar-refractivity contribution < 1.29 is 19.1 Å². The highest BCUT2D eigenvalue weighted by Gasteiger charge is 2.28. The standard InChI is InChI=1S/C8H11NO4/c1-5(2)13-8(11)9-6-3-4-12-7(6)10/h6H,1,3-4H2,2H3,(H,9,11)/t6-/m0/s1. The molecule has 0 aromatic rings. The van der Waals surface area contributed by atoms with Gasteiger partial charge in [0.15, 0.2) is 0 Å². The lowest BCUT2D eigenvalue weighted by Crippen LogP contribution is -2.37. The first kappa shape index (κ1) is 9.57. The molecule has 5 heteroatoms. The summed E-state index contributed by atoms with van der Waals surface area (Å²) in [5.41, 5.74) is 0. The molecule has 0 unspecified atom stereocenters. The van der Waals surface area contributed by atoms with Crippen LogP contribution in [0.4, 0.5) is 4.79 Å². The number of alkyl carbamates (subject to hydrolysis) is 1. The molecule has 0 spiro atoms. The number of cyclic esters (lactones) is 1. The van der Waals surface area contributed by atoms with Gasteiger partial charge in [-0.05, 0) is 6.92 Å². The fraction of sp³-hybridized carbons (Fsp3) is 0.500. The van der Waals surface area contributed by atoms with Gasteiger partial charge in [-0.15, -0.1) is 0 Å². The molecule has 5 nitrogen and oxygen atoms in total. The van der Waals surface area contributed by atoms with E-state index < -0.39 is 18.1 Å². The Labute approximate surface area is 75.7 Å². The van der Waals surface area contributed by atoms with Crippen LogP contribution < -0.4 is 5.32 Å². The van der Waals surface area contributed by atoms with E-state index in [2.05, 4.69) is 21.4 Å². The van der Waals surface area contributed by atoms with Crippen molar-refractivity contribution in [3.8, 4) is 0 Å². The smallest absolute Gasteiger partial charge is 0.412 e. The fourth-order valence-electron chi connectivity index (χ4n) is 0.957. The summed E-state index contributed by atoms with van der Waals surface area (Å²) in [5.74, 6) is -0.137. The molecule has 1 aliphatic heterocycles. The maximum absolute atomic E-state index is 11.0. The minimum Gasteiger partial charge on any atom is -0.464 e. The van der Waals surface area contributed by atoms with Crippen molar-refractivity contribution in [1.29, 1.82) is 0 Å². The molecule has 1 amide bonds. The van der Waals surface area contributed by atoms with Crippen molar-refractivity contribution in [2.24, 2.45) is 0 Å². The molecule has 72 valence electrons. The zero-order valence-electron chi connectivity index (χ0n) is 7.33. The average molecular weight is 185 g/mol. The van der Waals surface area contributed by atoms with Crippen LogP contribution >= 0.6 is 0 Å². The predicted octanol–water partition coefficient (Wildman–Crippen LogP) is 0.562. The van der Waals surface area contributed by atoms with E-state index in [1.807, 2.05) is 0 Å². The van der Waals surface area contributed by atoms with Crippen LogP contribution in [0, 0.1) is 0 Å². The largest absolute Gasteiger partial charge is 0.464 e. The van der Waals surface area contributed by atoms with Crippen LogP contribution in [0.2, 0.25) is 0 Å². The number of rotatable bonds is 2. The normalized spacial score (nSPS) is 20.7. The van der Waals surface area contributed by atoms with E-state index in [4.69, 9.17) is 0 Å². The number of allylic oxidation sites excluding steroid dienone is 1. The average Bonchev–Trinajstić information content (AvgIpc) is 2.34. The molecule has 1 rings (SSSR count). The molecule has 1 aliphatic rings. The Balaban J connectivity index is 2.35. The highest BCUT2D eigenvalue weighted by atomic mass is 16.6. The first-order valence-electron chi connectivity index (χ1n) is 3.90. The molecule has 0 radical (unpaired) electrons. The van der Waals surface area contributed by atoms with E-state index in [9.17, 15) is 9.59 Å². The Kier molecular flexibility index (Phi) is 2.89. The molecular formula is C8H11NO4. The molecule has 0 aromatic heterocycles. The molecule has 1 atom stereocenters. The van der Waals surface area contributed by atoms with Gasteiger partial charge in [0.05, 0.1) is 12.4 Å². The van der Waals surface area contributed by atoms with Crippen LogP contribution in [-0.4, -0.2) is 24.7 Å². The molecule has 1 N–H and O–H groups in total. The number of nitrogens with one attached hydrogen (secondary N) is 1. The Morgan fingerprint density at radius 3 is 2.92 bits per heavy atom. The van der Waals surface area contributed by atoms with E-state index in [-0.39, 0.29) is 5.76 Å². The Bertz CT molecular complexity index is 249. The molecular weight excluding hydrogens is 174 g/mol. The van der Waals surface area contributed by atoms with Crippen molar-refractivity contribution in [2.45, 2.75) is 19.4 Å². The zero-order chi connectivity index (χ0) is 9.84. The van der Waals surface area contributed by atoms with Crippen LogP contribution in [-0.2, 0) is 14.3 Å². The van der Waals surface area contributed by atoms with Gasteiger partial charge >= 0.3 is 12.1 Å². The Morgan fingerprint density at radius 1 is 1.77 bits per heavy atom. The third-order valence-corrected chi connectivity index (χ3v) is 1.49. The molecule has 13 heavy (non-hydrogen) atoms. The van der Waals surface area contributed by atoms with Crippen molar-refractivity contribution >= 4 is 12.1 Å². The van der Waals surface area contributed by atoms with Crippen LogP contribution in [0.25, 0.3) is 0 Å². The monoisotopic (exact) mass is 185 g/mol. The van der Waals surface area contributed by atoms with E-state index >= 15 is 0 Å². The Morgan fingerprint density at radius 2 is 2.46 bits per heavy atom. The zero-order valence-corrected chi connectivity index (χ0v) is 7.33. The number of carbonyl (C=O) groups excluding carboxylic acids is 2. The van der Waals surface area contributed by atoms with Crippen LogP contribution in [0.3, 0.4) is 0 Å². The van der Waals surface area contributed by atoms with Crippen LogP contribution in [0.5, 0.6) is 0 Å². The van der Waals surface area contributed by atoms with Gasteiger partial charge in [0, 0.05) is 6.42 Å². The van der Waals surface area contributed by atoms with Gasteiger partial charge in [-0.25, -0.2) is 9.59 Å². The number of carbonyl (C=O) groups is 2. The first-order chi connectivity index (χ1) is 6.09. The number of ether oxygens (including phenoxy) is 2. The van der Waals surface area contributed by atoms with Crippen LogP contribution in [0.15, 0.2) is 12.3 Å². The number of hydrogen-bond donors (Lipinski definition) is 1. The van der Waals surface area contributed by atoms with Gasteiger partial charge in [-0.3, -0.25) is 0 Å². The summed E-state index contributed by atoms with van der Waals surface area (Å²) >= 11 is 0. The SMILES string of the molecule is C=C(C)OC(=O)N[C@H]1CCOC1=O. The molecule has 1 fully saturated rings. The molecule has 0 bridgehead atoms. The highest BCUT2D eigenvalue weighted by molar-refractivity contribution is 5.82. The van der Waals surface area contributed by atoms with E-state index in [1.165, 1.54) is 0 Å². The van der Waals surface area contributed by atoms with Crippen molar-refractivity contribution in [1.82, 2.24) is 5.32 Å². The Hall–Kier alpha value is -1.52. The molecule has 0 aromatic carbocycles. The molecule has 0 saturated carbocycles. The third-order valence-electron chi connectivity index (χ3n) is 1.49. The van der Waals surface area contributed by atoms with Gasteiger partial charge in [-0.2, -0.15) is 0 Å². The second kappa shape index (κ2) is 3.93. The summed E-state index contributed by atoms with van der Waals surface area (Å²) < 4.78 is 9.25. The van der Waals surface area contributed by atoms with E-state index in [0.29, 0.717) is 13.0 Å². The number of esters is 1. The van der Waals surface area contributed by atoms with E-state index in [0.717, 1.165) is 0 Å². The highest BCUT2D eigenvalue weighted by Crippen LogP contribution is 2.06. The minimum absolute atomic E-state index is 0.281. The lowest BCUT2D eigenvalue weighted by molar-refractivity contribution is -0.139. The van der Waals surface area contributed by atoms with Gasteiger partial charge < -0.3 is 14.8 Å². The maximum atomic E-state index is 11.0. The van der Waals surface area contributed by atoms with Crippen LogP contribution in [0.1, 0.15) is 13.3 Å². The first-order valence-corrected chi connectivity index (χ1v) is 3.90. The topological polar surface area (TPSA) is 64.6 Å². The van der Waals surface area contributed by atoms with Crippen molar-refractivity contribution in [2.75, 3.05) is 6.61 Å². The summed E-state index contributed by atoms with van der Waals surface area (Å²) in [5, 5.41) is 2.36. The maximum Gasteiger partial charge on any atom is 0.412 e. The molecule has 0 aliphatic carbocycles. The predicted molar refractivity (Wildman–Crippen MR) is 43.8 cm³/mol. The summed E-state index contributed by atoms with van der Waals surface area (Å²) in [6, 6.07) is -0.577.